The van der Waals surface area contributed by atoms with Crippen molar-refractivity contribution in [2.75, 3.05) is 20.2 Å². The Kier molecular flexibility index (Phi) is 4.34. The van der Waals surface area contributed by atoms with Crippen LogP contribution in [-0.4, -0.2) is 31.1 Å². The van der Waals surface area contributed by atoms with E-state index in [1.807, 2.05) is 7.05 Å². The number of para-hydroxylation sites is 1. The molecule has 1 unspecified atom stereocenters. The molecule has 1 aliphatic heterocycles. The van der Waals surface area contributed by atoms with Crippen molar-refractivity contribution >= 4 is 0 Å². The first-order valence-corrected chi connectivity index (χ1v) is 6.48. The SMILES string of the molecule is CN1CCCCC1COc1ccccc1C(F)(F)F. The van der Waals surface area contributed by atoms with Crippen LogP contribution in [0.2, 0.25) is 0 Å². The van der Waals surface area contributed by atoms with Crippen molar-refractivity contribution in [2.45, 2.75) is 31.5 Å². The number of hydrogen-bond acceptors (Lipinski definition) is 2. The number of halogens is 3. The number of piperidine rings is 1. The van der Waals surface area contributed by atoms with Crippen LogP contribution in [0.3, 0.4) is 0 Å². The fraction of sp³-hybridized carbons (Fsp3) is 0.571. The summed E-state index contributed by atoms with van der Waals surface area (Å²) in [5.41, 5.74) is -0.700. The third-order valence-electron chi connectivity index (χ3n) is 3.55. The predicted molar refractivity (Wildman–Crippen MR) is 67.2 cm³/mol. The maximum atomic E-state index is 12.8. The molecular weight excluding hydrogens is 255 g/mol. The lowest BCUT2D eigenvalue weighted by Crippen LogP contribution is -2.40. The minimum absolute atomic E-state index is 0.0750. The summed E-state index contributed by atoms with van der Waals surface area (Å²) in [4.78, 5) is 2.15. The van der Waals surface area contributed by atoms with Crippen LogP contribution in [-0.2, 0) is 6.18 Å². The molecule has 2 rings (SSSR count). The molecule has 0 spiro atoms. The Balaban J connectivity index is 2.03. The smallest absolute Gasteiger partial charge is 0.419 e. The Morgan fingerprint density at radius 2 is 2.00 bits per heavy atom. The number of likely N-dealkylation sites (N-methyl/N-ethyl adjacent to an activating group) is 1. The number of alkyl halides is 3. The van der Waals surface area contributed by atoms with Crippen molar-refractivity contribution in [3.8, 4) is 5.75 Å². The topological polar surface area (TPSA) is 12.5 Å². The second-order valence-corrected chi connectivity index (χ2v) is 4.94. The maximum Gasteiger partial charge on any atom is 0.419 e. The van der Waals surface area contributed by atoms with E-state index in [1.165, 1.54) is 12.1 Å². The Hall–Kier alpha value is -1.23. The molecule has 1 aliphatic rings. The Bertz CT molecular complexity index is 419. The summed E-state index contributed by atoms with van der Waals surface area (Å²) in [6, 6.07) is 5.58. The summed E-state index contributed by atoms with van der Waals surface area (Å²) in [5.74, 6) is -0.0750. The Labute approximate surface area is 111 Å². The predicted octanol–water partition coefficient (Wildman–Crippen LogP) is 3.57. The first-order chi connectivity index (χ1) is 8.98. The molecule has 1 saturated heterocycles. The van der Waals surface area contributed by atoms with Gasteiger partial charge in [-0.3, -0.25) is 0 Å². The summed E-state index contributed by atoms with van der Waals surface area (Å²) in [6.07, 6.45) is -1.13. The fourth-order valence-corrected chi connectivity index (χ4v) is 2.37. The summed E-state index contributed by atoms with van der Waals surface area (Å²) < 4.78 is 43.8. The van der Waals surface area contributed by atoms with Gasteiger partial charge in [0.2, 0.25) is 0 Å². The summed E-state index contributed by atoms with van der Waals surface area (Å²) >= 11 is 0. The highest BCUT2D eigenvalue weighted by molar-refractivity contribution is 5.35. The van der Waals surface area contributed by atoms with Crippen LogP contribution in [0.5, 0.6) is 5.75 Å². The van der Waals surface area contributed by atoms with Crippen LogP contribution in [0.4, 0.5) is 13.2 Å². The van der Waals surface area contributed by atoms with E-state index in [2.05, 4.69) is 4.90 Å². The molecule has 19 heavy (non-hydrogen) atoms. The second kappa shape index (κ2) is 5.82. The van der Waals surface area contributed by atoms with Crippen molar-refractivity contribution in [1.82, 2.24) is 4.90 Å². The van der Waals surface area contributed by atoms with Gasteiger partial charge in [-0.05, 0) is 38.6 Å². The van der Waals surface area contributed by atoms with Crippen molar-refractivity contribution in [1.29, 1.82) is 0 Å². The molecule has 0 bridgehead atoms. The monoisotopic (exact) mass is 273 g/mol. The van der Waals surface area contributed by atoms with Crippen LogP contribution in [0.15, 0.2) is 24.3 Å². The Morgan fingerprint density at radius 3 is 2.68 bits per heavy atom. The number of ether oxygens (including phenoxy) is 1. The maximum absolute atomic E-state index is 12.8. The zero-order valence-corrected chi connectivity index (χ0v) is 10.9. The van der Waals surface area contributed by atoms with Gasteiger partial charge < -0.3 is 9.64 Å². The molecule has 1 aromatic rings. The van der Waals surface area contributed by atoms with Gasteiger partial charge in [-0.15, -0.1) is 0 Å². The molecule has 0 N–H and O–H groups in total. The normalized spacial score (nSPS) is 21.4. The summed E-state index contributed by atoms with van der Waals surface area (Å²) in [7, 11) is 1.99. The van der Waals surface area contributed by atoms with Crippen molar-refractivity contribution in [3.63, 3.8) is 0 Å². The van der Waals surface area contributed by atoms with Crippen molar-refractivity contribution < 1.29 is 17.9 Å². The zero-order chi connectivity index (χ0) is 13.9. The summed E-state index contributed by atoms with van der Waals surface area (Å²) in [6.45, 7) is 1.29. The van der Waals surface area contributed by atoms with Gasteiger partial charge >= 0.3 is 6.18 Å². The highest BCUT2D eigenvalue weighted by Gasteiger charge is 2.34. The van der Waals surface area contributed by atoms with Gasteiger partial charge in [-0.2, -0.15) is 13.2 Å². The lowest BCUT2D eigenvalue weighted by molar-refractivity contribution is -0.139. The lowest BCUT2D eigenvalue weighted by atomic mass is 10.0. The number of hydrogen-bond donors (Lipinski definition) is 0. The molecule has 1 aromatic carbocycles. The molecule has 1 atom stereocenters. The molecule has 106 valence electrons. The molecule has 2 nitrogen and oxygen atoms in total. The van der Waals surface area contributed by atoms with Gasteiger partial charge in [0, 0.05) is 6.04 Å². The van der Waals surface area contributed by atoms with E-state index in [1.54, 1.807) is 6.07 Å². The first kappa shape index (κ1) is 14.2. The highest BCUT2D eigenvalue weighted by Crippen LogP contribution is 2.36. The molecule has 0 radical (unpaired) electrons. The molecule has 1 heterocycles. The summed E-state index contributed by atoms with van der Waals surface area (Å²) in [5, 5.41) is 0. The standard InChI is InChI=1S/C14H18F3NO/c1-18-9-5-4-6-11(18)10-19-13-8-3-2-7-12(13)14(15,16)17/h2-3,7-8,11H,4-6,9-10H2,1H3. The van der Waals surface area contributed by atoms with E-state index in [-0.39, 0.29) is 11.8 Å². The fourth-order valence-electron chi connectivity index (χ4n) is 2.37. The number of benzene rings is 1. The third kappa shape index (κ3) is 3.62. The first-order valence-electron chi connectivity index (χ1n) is 6.48. The average Bonchev–Trinajstić information content (AvgIpc) is 2.37. The molecule has 0 saturated carbocycles. The Morgan fingerprint density at radius 1 is 1.26 bits per heavy atom. The number of likely N-dealkylation sites (tertiary alicyclic amines) is 1. The van der Waals surface area contributed by atoms with Gasteiger partial charge in [0.05, 0.1) is 5.56 Å². The van der Waals surface area contributed by atoms with Gasteiger partial charge in [-0.1, -0.05) is 18.6 Å². The molecule has 1 fully saturated rings. The van der Waals surface area contributed by atoms with Gasteiger partial charge in [0.15, 0.2) is 0 Å². The van der Waals surface area contributed by atoms with Gasteiger partial charge in [0.25, 0.3) is 0 Å². The van der Waals surface area contributed by atoms with Crippen LogP contribution < -0.4 is 4.74 Å². The minimum Gasteiger partial charge on any atom is -0.491 e. The van der Waals surface area contributed by atoms with Gasteiger partial charge in [0.1, 0.15) is 12.4 Å². The second-order valence-electron chi connectivity index (χ2n) is 4.94. The third-order valence-corrected chi connectivity index (χ3v) is 3.55. The number of nitrogens with zero attached hydrogens (tertiary/aromatic N) is 1. The van der Waals surface area contributed by atoms with E-state index in [0.717, 1.165) is 31.9 Å². The highest BCUT2D eigenvalue weighted by atomic mass is 19.4. The van der Waals surface area contributed by atoms with E-state index in [4.69, 9.17) is 4.74 Å². The molecular formula is C14H18F3NO. The molecule has 0 amide bonds. The van der Waals surface area contributed by atoms with E-state index >= 15 is 0 Å². The lowest BCUT2D eigenvalue weighted by Gasteiger charge is -2.32. The van der Waals surface area contributed by atoms with Crippen LogP contribution in [0, 0.1) is 0 Å². The van der Waals surface area contributed by atoms with Crippen molar-refractivity contribution in [2.24, 2.45) is 0 Å². The molecule has 0 aliphatic carbocycles. The largest absolute Gasteiger partial charge is 0.491 e. The average molecular weight is 273 g/mol. The van der Waals surface area contributed by atoms with E-state index < -0.39 is 11.7 Å². The minimum atomic E-state index is -4.37. The number of rotatable bonds is 3. The van der Waals surface area contributed by atoms with Crippen LogP contribution in [0.1, 0.15) is 24.8 Å². The molecule has 0 aromatic heterocycles. The zero-order valence-electron chi connectivity index (χ0n) is 10.9. The van der Waals surface area contributed by atoms with Crippen LogP contribution >= 0.6 is 0 Å². The van der Waals surface area contributed by atoms with E-state index in [0.29, 0.717) is 6.61 Å². The molecule has 5 heteroatoms. The quantitative estimate of drug-likeness (QED) is 0.834. The van der Waals surface area contributed by atoms with Gasteiger partial charge in [-0.25, -0.2) is 0 Å². The van der Waals surface area contributed by atoms with Crippen LogP contribution in [0.25, 0.3) is 0 Å². The van der Waals surface area contributed by atoms with Crippen molar-refractivity contribution in [3.05, 3.63) is 29.8 Å². The van der Waals surface area contributed by atoms with E-state index in [9.17, 15) is 13.2 Å².